The Hall–Kier alpha value is -1.62. The summed E-state index contributed by atoms with van der Waals surface area (Å²) < 4.78 is 13.0. The zero-order valence-electron chi connectivity index (χ0n) is 21.0. The van der Waals surface area contributed by atoms with Gasteiger partial charge >= 0.3 is 0 Å². The van der Waals surface area contributed by atoms with Gasteiger partial charge in [0.2, 0.25) is 0 Å². The predicted molar refractivity (Wildman–Crippen MR) is 145 cm³/mol. The van der Waals surface area contributed by atoms with E-state index in [1.807, 2.05) is 35.7 Å². The first-order valence-electron chi connectivity index (χ1n) is 13.2. The third-order valence-electron chi connectivity index (χ3n) is 9.01. The van der Waals surface area contributed by atoms with E-state index < -0.39 is 9.71 Å². The van der Waals surface area contributed by atoms with E-state index in [4.69, 9.17) is 5.14 Å². The molecule has 2 unspecified atom stereocenters. The summed E-state index contributed by atoms with van der Waals surface area (Å²) in [6.45, 7) is 9.15. The molecule has 0 spiro atoms. The molecule has 0 amide bonds. The predicted octanol–water partition coefficient (Wildman–Crippen LogP) is 6.59. The van der Waals surface area contributed by atoms with Gasteiger partial charge in [0.25, 0.3) is 0 Å². The zero-order valence-corrected chi connectivity index (χ0v) is 21.9. The number of benzene rings is 1. The van der Waals surface area contributed by atoms with Gasteiger partial charge in [-0.15, -0.1) is 0 Å². The van der Waals surface area contributed by atoms with Gasteiger partial charge in [-0.05, 0) is 110 Å². The maximum absolute atomic E-state index is 13.0. The van der Waals surface area contributed by atoms with E-state index >= 15 is 0 Å². The van der Waals surface area contributed by atoms with Crippen molar-refractivity contribution in [2.45, 2.75) is 89.1 Å². The Bertz CT molecular complexity index is 1060. The van der Waals surface area contributed by atoms with Crippen molar-refractivity contribution in [1.29, 1.82) is 0 Å². The van der Waals surface area contributed by atoms with Crippen molar-refractivity contribution in [1.82, 2.24) is 0 Å². The number of aliphatic hydroxyl groups excluding tert-OH is 1. The summed E-state index contributed by atoms with van der Waals surface area (Å²) in [6, 6.07) is 9.44. The lowest BCUT2D eigenvalue weighted by Gasteiger charge is -2.44. The first-order valence-corrected chi connectivity index (χ1v) is 14.9. The molecular formula is C30H43NO2S. The zero-order chi connectivity index (χ0) is 24.3. The fourth-order valence-corrected chi connectivity index (χ4v) is 8.31. The highest BCUT2D eigenvalue weighted by Crippen LogP contribution is 2.59. The van der Waals surface area contributed by atoms with E-state index in [1.54, 1.807) is 5.57 Å². The first kappa shape index (κ1) is 25.5. The normalized spacial score (nSPS) is 34.6. The van der Waals surface area contributed by atoms with Crippen LogP contribution in [0.3, 0.4) is 0 Å². The lowest BCUT2D eigenvalue weighted by atomic mass is 9.61. The van der Waals surface area contributed by atoms with E-state index in [1.165, 1.54) is 43.3 Å². The fraction of sp³-hybridized carbons (Fsp3) is 0.567. The SMILES string of the molecule is C=C1CC[C@H](O)CC1=CC=C1CCC[C@]2(C)C([C@H](C)CCC=S(N)(=O)c3ccccc3)CC[C@@H]12. The Morgan fingerprint density at radius 2 is 1.97 bits per heavy atom. The molecule has 34 heavy (non-hydrogen) atoms. The monoisotopic (exact) mass is 481 g/mol. The Morgan fingerprint density at radius 1 is 1.21 bits per heavy atom. The van der Waals surface area contributed by atoms with Gasteiger partial charge in [0.15, 0.2) is 0 Å². The molecule has 3 nitrogen and oxygen atoms in total. The molecule has 1 aromatic rings. The number of hydrogen-bond donors (Lipinski definition) is 2. The second-order valence-electron chi connectivity index (χ2n) is 11.2. The van der Waals surface area contributed by atoms with Crippen molar-refractivity contribution in [3.05, 3.63) is 65.8 Å². The van der Waals surface area contributed by atoms with Crippen molar-refractivity contribution < 1.29 is 9.32 Å². The van der Waals surface area contributed by atoms with E-state index in [9.17, 15) is 9.32 Å². The average molecular weight is 482 g/mol. The molecule has 3 N–H and O–H groups in total. The minimum Gasteiger partial charge on any atom is -0.393 e. The molecule has 0 saturated heterocycles. The molecule has 0 aromatic heterocycles. The first-order chi connectivity index (χ1) is 16.2. The molecular weight excluding hydrogens is 438 g/mol. The van der Waals surface area contributed by atoms with Crippen LogP contribution in [0.4, 0.5) is 0 Å². The van der Waals surface area contributed by atoms with Crippen LogP contribution in [0.5, 0.6) is 0 Å². The van der Waals surface area contributed by atoms with Crippen molar-refractivity contribution in [3.8, 4) is 0 Å². The molecule has 4 heteroatoms. The van der Waals surface area contributed by atoms with Crippen LogP contribution in [0.25, 0.3) is 0 Å². The highest BCUT2D eigenvalue weighted by atomic mass is 32.2. The van der Waals surface area contributed by atoms with Gasteiger partial charge in [0.05, 0.1) is 15.8 Å². The number of fused-ring (bicyclic) bond motifs is 1. The van der Waals surface area contributed by atoms with E-state index in [0.29, 0.717) is 23.2 Å². The van der Waals surface area contributed by atoms with E-state index in [-0.39, 0.29) is 6.10 Å². The number of nitrogens with two attached hydrogens (primary N) is 1. The van der Waals surface area contributed by atoms with Gasteiger partial charge in [0, 0.05) is 4.90 Å². The summed E-state index contributed by atoms with van der Waals surface area (Å²) in [5.41, 5.74) is 4.38. The average Bonchev–Trinajstić information content (AvgIpc) is 3.17. The minimum absolute atomic E-state index is 0.217. The lowest BCUT2D eigenvalue weighted by molar-refractivity contribution is 0.0952. The fourth-order valence-electron chi connectivity index (χ4n) is 7.05. The number of hydrogen-bond acceptors (Lipinski definition) is 2. The third-order valence-corrected chi connectivity index (χ3v) is 10.8. The molecule has 3 aliphatic rings. The summed E-state index contributed by atoms with van der Waals surface area (Å²) in [5.74, 6) is 1.93. The second kappa shape index (κ2) is 10.6. The van der Waals surface area contributed by atoms with Crippen molar-refractivity contribution >= 4 is 15.1 Å². The molecule has 6 atom stereocenters. The molecule has 3 saturated carbocycles. The van der Waals surface area contributed by atoms with Crippen LogP contribution in [0.1, 0.15) is 78.1 Å². The van der Waals surface area contributed by atoms with Gasteiger partial charge in [0.1, 0.15) is 0 Å². The van der Waals surface area contributed by atoms with Crippen molar-refractivity contribution in [2.24, 2.45) is 28.3 Å². The van der Waals surface area contributed by atoms with E-state index in [0.717, 1.165) is 37.0 Å². The van der Waals surface area contributed by atoms with Crippen LogP contribution in [-0.2, 0) is 9.71 Å². The molecule has 3 fully saturated rings. The van der Waals surface area contributed by atoms with Crippen LogP contribution in [0.15, 0.2) is 70.7 Å². The lowest BCUT2D eigenvalue weighted by Crippen LogP contribution is -2.36. The van der Waals surface area contributed by atoms with Crippen molar-refractivity contribution in [3.63, 3.8) is 0 Å². The molecule has 0 aliphatic heterocycles. The maximum atomic E-state index is 13.0. The Kier molecular flexibility index (Phi) is 7.91. The molecule has 186 valence electrons. The largest absolute Gasteiger partial charge is 0.393 e. The number of rotatable bonds is 6. The quantitative estimate of drug-likeness (QED) is 0.450. The van der Waals surface area contributed by atoms with Crippen LogP contribution >= 0.6 is 0 Å². The van der Waals surface area contributed by atoms with Crippen LogP contribution in [0, 0.1) is 23.2 Å². The van der Waals surface area contributed by atoms with Gasteiger partial charge in [-0.1, -0.05) is 61.9 Å². The summed E-state index contributed by atoms with van der Waals surface area (Å²) in [7, 11) is -2.57. The molecule has 4 rings (SSSR count). The maximum Gasteiger partial charge on any atom is 0.0583 e. The molecule has 3 aliphatic carbocycles. The third kappa shape index (κ3) is 5.45. The van der Waals surface area contributed by atoms with Crippen LogP contribution < -0.4 is 5.14 Å². The highest BCUT2D eigenvalue weighted by molar-refractivity contribution is 7.99. The molecule has 1 aromatic carbocycles. The Labute approximate surface area is 207 Å². The molecule has 0 radical (unpaired) electrons. The van der Waals surface area contributed by atoms with Crippen molar-refractivity contribution in [2.75, 3.05) is 0 Å². The van der Waals surface area contributed by atoms with Gasteiger partial charge < -0.3 is 5.11 Å². The minimum atomic E-state index is -2.57. The van der Waals surface area contributed by atoms with Gasteiger partial charge in [-0.3, -0.25) is 5.14 Å². The summed E-state index contributed by atoms with van der Waals surface area (Å²) in [4.78, 5) is 0.722. The van der Waals surface area contributed by atoms with Crippen LogP contribution in [0.2, 0.25) is 0 Å². The van der Waals surface area contributed by atoms with Gasteiger partial charge in [-0.25, -0.2) is 4.21 Å². The number of aliphatic hydroxyl groups is 1. The molecule has 0 bridgehead atoms. The topological polar surface area (TPSA) is 63.3 Å². The Balaban J connectivity index is 1.43. The standard InChI is InChI=1S/C30H43NO2S/c1-22-13-16-26(32)21-25(22)15-14-24-10-7-19-30(3)28(17-18-29(24)30)23(2)9-8-20-34(31,33)27-11-5-4-6-12-27/h4-6,11-12,14-15,20,23,26,28-29,32H,1,7-10,13,16-19,21H2,2-3H3,(H2,31,33)/t23-,26+,28?,29+,30-,34?/m1/s1. The smallest absolute Gasteiger partial charge is 0.0583 e. The van der Waals surface area contributed by atoms with Gasteiger partial charge in [-0.2, -0.15) is 0 Å². The summed E-state index contributed by atoms with van der Waals surface area (Å²) in [6.07, 6.45) is 15.0. The highest BCUT2D eigenvalue weighted by Gasteiger charge is 2.50. The number of allylic oxidation sites excluding steroid dienone is 4. The molecule has 0 heterocycles. The Morgan fingerprint density at radius 3 is 2.74 bits per heavy atom. The van der Waals surface area contributed by atoms with Crippen LogP contribution in [-0.4, -0.2) is 20.8 Å². The van der Waals surface area contributed by atoms with E-state index in [2.05, 4.69) is 32.6 Å². The summed E-state index contributed by atoms with van der Waals surface area (Å²) >= 11 is 0. The second-order valence-corrected chi connectivity index (χ2v) is 13.3. The summed E-state index contributed by atoms with van der Waals surface area (Å²) in [5, 5.41) is 18.1.